The number of carboxylic acid groups (broad SMARTS) is 1. The lowest BCUT2D eigenvalue weighted by Crippen LogP contribution is -2.38. The van der Waals surface area contributed by atoms with E-state index in [1.807, 2.05) is 0 Å². The Labute approximate surface area is 147 Å². The first-order chi connectivity index (χ1) is 11.8. The zero-order valence-corrected chi connectivity index (χ0v) is 14.6. The first kappa shape index (κ1) is 17.9. The van der Waals surface area contributed by atoms with Crippen molar-refractivity contribution in [2.24, 2.45) is 4.99 Å². The number of anilines is 1. The maximum Gasteiger partial charge on any atom is 0.248 e. The lowest BCUT2D eigenvalue weighted by Gasteiger charge is -2.24. The topological polar surface area (TPSA) is 107 Å². The molecule has 25 heavy (non-hydrogen) atoms. The number of amidine groups is 1. The Balaban J connectivity index is 1.94. The van der Waals surface area contributed by atoms with Crippen LogP contribution < -0.4 is 10.0 Å². The highest BCUT2D eigenvalue weighted by molar-refractivity contribution is 8.16. The number of hydrogen-bond donors (Lipinski definition) is 0. The van der Waals surface area contributed by atoms with E-state index in [-0.39, 0.29) is 34.0 Å². The molecular weight excluding hydrogens is 371 g/mol. The van der Waals surface area contributed by atoms with Gasteiger partial charge in [0.2, 0.25) is 5.91 Å². The van der Waals surface area contributed by atoms with Crippen LogP contribution in [0.25, 0.3) is 0 Å². The summed E-state index contributed by atoms with van der Waals surface area (Å²) in [6.07, 6.45) is -0.785. The molecule has 0 unspecified atom stereocenters. The maximum atomic E-state index is 14.2. The minimum atomic E-state index is -3.24. The summed E-state index contributed by atoms with van der Waals surface area (Å²) in [6.45, 7) is 0. The maximum absolute atomic E-state index is 14.2. The molecule has 7 nitrogen and oxygen atoms in total. The van der Waals surface area contributed by atoms with Gasteiger partial charge in [0.05, 0.1) is 23.2 Å². The number of carboxylic acids is 1. The van der Waals surface area contributed by atoms with Gasteiger partial charge in [-0.25, -0.2) is 12.8 Å². The third kappa shape index (κ3) is 3.84. The summed E-state index contributed by atoms with van der Waals surface area (Å²) in [5.41, 5.74) is 0.144. The molecule has 1 aromatic carbocycles. The summed E-state index contributed by atoms with van der Waals surface area (Å²) >= 11 is 1.10. The van der Waals surface area contributed by atoms with E-state index in [1.54, 1.807) is 6.07 Å². The standard InChI is InChI=1S/C15H15FN2O5S2/c16-9-3-1-2-4-10(9)18-11-7-25(22,23)8-12(11)24-15(18)17-13(19)5-6-14(20)21/h1-4,11-12H,5-8H2,(H,20,21)/p-1/t11-,12+/m0/s1. The highest BCUT2D eigenvalue weighted by Crippen LogP contribution is 2.41. The molecule has 10 heteroatoms. The van der Waals surface area contributed by atoms with Gasteiger partial charge in [-0.2, -0.15) is 4.99 Å². The van der Waals surface area contributed by atoms with Crippen molar-refractivity contribution in [3.8, 4) is 0 Å². The molecule has 1 amide bonds. The molecule has 134 valence electrons. The second-order valence-corrected chi connectivity index (χ2v) is 9.14. The van der Waals surface area contributed by atoms with Gasteiger partial charge in [-0.3, -0.25) is 4.79 Å². The first-order valence-electron chi connectivity index (χ1n) is 7.49. The van der Waals surface area contributed by atoms with E-state index in [2.05, 4.69) is 4.99 Å². The molecule has 0 saturated carbocycles. The Hall–Kier alpha value is -1.94. The lowest BCUT2D eigenvalue weighted by molar-refractivity contribution is -0.305. The van der Waals surface area contributed by atoms with Crippen molar-refractivity contribution < 1.29 is 27.5 Å². The fourth-order valence-corrected chi connectivity index (χ4v) is 6.79. The van der Waals surface area contributed by atoms with Crippen molar-refractivity contribution in [1.82, 2.24) is 0 Å². The van der Waals surface area contributed by atoms with Crippen molar-refractivity contribution in [3.05, 3.63) is 30.1 Å². The second kappa shape index (κ2) is 6.75. The Morgan fingerprint density at radius 2 is 2.00 bits per heavy atom. The van der Waals surface area contributed by atoms with Gasteiger partial charge in [-0.05, 0) is 18.6 Å². The van der Waals surface area contributed by atoms with Crippen LogP contribution in [0.4, 0.5) is 10.1 Å². The molecule has 0 bridgehead atoms. The number of amides is 1. The summed E-state index contributed by atoms with van der Waals surface area (Å²) in [5.74, 6) is -2.80. The van der Waals surface area contributed by atoms with Gasteiger partial charge in [0.1, 0.15) is 5.82 Å². The van der Waals surface area contributed by atoms with E-state index < -0.39 is 40.0 Å². The van der Waals surface area contributed by atoms with Crippen molar-refractivity contribution >= 4 is 44.3 Å². The number of aliphatic carboxylic acids is 1. The zero-order valence-electron chi connectivity index (χ0n) is 12.9. The van der Waals surface area contributed by atoms with Gasteiger partial charge in [0, 0.05) is 17.6 Å². The average Bonchev–Trinajstić information content (AvgIpc) is 2.97. The summed E-state index contributed by atoms with van der Waals surface area (Å²) in [7, 11) is -3.24. The van der Waals surface area contributed by atoms with Crippen LogP contribution in [0.3, 0.4) is 0 Å². The molecule has 0 radical (unpaired) electrons. The van der Waals surface area contributed by atoms with E-state index in [9.17, 15) is 27.5 Å². The van der Waals surface area contributed by atoms with E-state index >= 15 is 0 Å². The molecule has 0 spiro atoms. The number of hydrogen-bond acceptors (Lipinski definition) is 6. The summed E-state index contributed by atoms with van der Waals surface area (Å²) < 4.78 is 38.0. The molecule has 2 heterocycles. The summed E-state index contributed by atoms with van der Waals surface area (Å²) in [5, 5.41) is 10.3. The fraction of sp³-hybridized carbons (Fsp3) is 0.400. The number of para-hydroxylation sites is 1. The number of halogens is 1. The average molecular weight is 385 g/mol. The predicted molar refractivity (Wildman–Crippen MR) is 89.4 cm³/mol. The van der Waals surface area contributed by atoms with Gasteiger partial charge in [0.25, 0.3) is 0 Å². The van der Waals surface area contributed by atoms with E-state index in [0.717, 1.165) is 11.8 Å². The van der Waals surface area contributed by atoms with Crippen LogP contribution in [0, 0.1) is 5.82 Å². The van der Waals surface area contributed by atoms with Crippen molar-refractivity contribution in [2.75, 3.05) is 16.4 Å². The van der Waals surface area contributed by atoms with Gasteiger partial charge >= 0.3 is 0 Å². The van der Waals surface area contributed by atoms with Crippen LogP contribution in [-0.4, -0.2) is 48.3 Å². The quantitative estimate of drug-likeness (QED) is 0.716. The van der Waals surface area contributed by atoms with Crippen molar-refractivity contribution in [1.29, 1.82) is 0 Å². The fourth-order valence-electron chi connectivity index (χ4n) is 2.86. The molecule has 2 fully saturated rings. The highest BCUT2D eigenvalue weighted by Gasteiger charge is 2.49. The Morgan fingerprint density at radius 1 is 1.28 bits per heavy atom. The van der Waals surface area contributed by atoms with Crippen LogP contribution in [0.1, 0.15) is 12.8 Å². The minimum absolute atomic E-state index is 0.0699. The Morgan fingerprint density at radius 3 is 2.68 bits per heavy atom. The number of aliphatic imine (C=N–C) groups is 1. The number of fused-ring (bicyclic) bond motifs is 1. The molecule has 0 aliphatic carbocycles. The summed E-state index contributed by atoms with van der Waals surface area (Å²) in [4.78, 5) is 27.7. The van der Waals surface area contributed by atoms with Gasteiger partial charge in [-0.1, -0.05) is 23.9 Å². The third-order valence-corrected chi connectivity index (χ3v) is 7.15. The number of rotatable bonds is 4. The molecule has 0 aromatic heterocycles. The number of benzene rings is 1. The van der Waals surface area contributed by atoms with Crippen LogP contribution >= 0.6 is 11.8 Å². The normalized spacial score (nSPS) is 26.0. The van der Waals surface area contributed by atoms with Gasteiger partial charge < -0.3 is 14.8 Å². The molecule has 2 saturated heterocycles. The Kier molecular flexibility index (Phi) is 4.83. The largest absolute Gasteiger partial charge is 0.550 e. The van der Waals surface area contributed by atoms with E-state index in [1.165, 1.54) is 23.1 Å². The third-order valence-electron chi connectivity index (χ3n) is 3.94. The predicted octanol–water partition coefficient (Wildman–Crippen LogP) is -0.0428. The minimum Gasteiger partial charge on any atom is -0.550 e. The SMILES string of the molecule is O=C([O-])CCC(=O)N=C1S[C@@H]2CS(=O)(=O)C[C@@H]2N1c1ccccc1F. The molecule has 3 rings (SSSR count). The van der Waals surface area contributed by atoms with Crippen LogP contribution in [-0.2, 0) is 19.4 Å². The monoisotopic (exact) mass is 385 g/mol. The van der Waals surface area contributed by atoms with Gasteiger partial charge in [0.15, 0.2) is 15.0 Å². The lowest BCUT2D eigenvalue weighted by atomic mass is 10.2. The highest BCUT2D eigenvalue weighted by atomic mass is 32.2. The van der Waals surface area contributed by atoms with E-state index in [4.69, 9.17) is 0 Å². The molecule has 0 N–H and O–H groups in total. The summed E-state index contributed by atoms with van der Waals surface area (Å²) in [6, 6.07) is 5.33. The molecule has 2 aliphatic heterocycles. The number of nitrogens with zero attached hydrogens (tertiary/aromatic N) is 2. The van der Waals surface area contributed by atoms with Crippen molar-refractivity contribution in [3.63, 3.8) is 0 Å². The smallest absolute Gasteiger partial charge is 0.248 e. The second-order valence-electron chi connectivity index (χ2n) is 5.78. The van der Waals surface area contributed by atoms with Gasteiger partial charge in [-0.15, -0.1) is 0 Å². The van der Waals surface area contributed by atoms with Crippen LogP contribution in [0.2, 0.25) is 0 Å². The zero-order chi connectivity index (χ0) is 18.2. The molecule has 2 aliphatic rings. The van der Waals surface area contributed by atoms with Crippen LogP contribution in [0.15, 0.2) is 29.3 Å². The first-order valence-corrected chi connectivity index (χ1v) is 10.2. The van der Waals surface area contributed by atoms with Crippen molar-refractivity contribution in [2.45, 2.75) is 24.1 Å². The number of sulfone groups is 1. The van der Waals surface area contributed by atoms with Crippen LogP contribution in [0.5, 0.6) is 0 Å². The molecular formula is C15H14FN2O5S2-. The van der Waals surface area contributed by atoms with E-state index in [0.29, 0.717) is 0 Å². The molecule has 1 aromatic rings. The number of carbonyl (C=O) groups is 2. The Bertz CT molecular complexity index is 855. The molecule has 2 atom stereocenters. The number of thioether (sulfide) groups is 1. The number of carbonyl (C=O) groups excluding carboxylic acids is 2.